The van der Waals surface area contributed by atoms with Crippen LogP contribution >= 0.6 is 0 Å². The van der Waals surface area contributed by atoms with Gasteiger partial charge >= 0.3 is 0 Å². The zero-order valence-electron chi connectivity index (χ0n) is 19.8. The highest BCUT2D eigenvalue weighted by Gasteiger charge is 2.25. The number of nitrogens with zero attached hydrogens (tertiary/aromatic N) is 2. The summed E-state index contributed by atoms with van der Waals surface area (Å²) in [6, 6.07) is 20.9. The minimum absolute atomic E-state index is 0.0156. The van der Waals surface area contributed by atoms with Crippen molar-refractivity contribution >= 4 is 22.5 Å². The quantitative estimate of drug-likeness (QED) is 0.233. The summed E-state index contributed by atoms with van der Waals surface area (Å²) in [5.41, 5.74) is 3.48. The van der Waals surface area contributed by atoms with Crippen molar-refractivity contribution in [1.82, 2.24) is 9.88 Å². The number of carbonyl (C=O) groups is 1. The van der Waals surface area contributed by atoms with Gasteiger partial charge in [-0.2, -0.15) is 0 Å². The number of nitro benzene ring substituents is 1. The van der Waals surface area contributed by atoms with E-state index in [1.54, 1.807) is 24.3 Å². The molecule has 180 valence electrons. The standard InChI is InChI=1S/C28H28FN3O3/c1-3-19(2)30-28(33)16-24(21-9-11-22(29)12-10-21)26-18-31(17-20-7-5-4-6-8-20)27-14-13-23(32(34)35)15-25(26)27/h4-15,18-19,24H,3,16-17H2,1-2H3,(H,30,33)/t19-,24+/m0/s1. The van der Waals surface area contributed by atoms with Crippen LogP contribution in [0.25, 0.3) is 10.9 Å². The first-order valence-electron chi connectivity index (χ1n) is 11.7. The molecule has 7 heteroatoms. The summed E-state index contributed by atoms with van der Waals surface area (Å²) in [5, 5.41) is 15.3. The van der Waals surface area contributed by atoms with E-state index < -0.39 is 10.8 Å². The summed E-state index contributed by atoms with van der Waals surface area (Å²) in [6.07, 6.45) is 2.91. The van der Waals surface area contributed by atoms with Crippen LogP contribution in [0.5, 0.6) is 0 Å². The van der Waals surface area contributed by atoms with Crippen molar-refractivity contribution in [3.8, 4) is 0 Å². The first kappa shape index (κ1) is 24.1. The SMILES string of the molecule is CC[C@H](C)NC(=O)C[C@H](c1ccc(F)cc1)c1cn(Cc2ccccc2)c2ccc([N+](=O)[O-])cc12. The fourth-order valence-corrected chi connectivity index (χ4v) is 4.34. The highest BCUT2D eigenvalue weighted by Crippen LogP contribution is 2.37. The van der Waals surface area contributed by atoms with Crippen molar-refractivity contribution in [3.05, 3.63) is 112 Å². The molecule has 1 aromatic heterocycles. The molecule has 0 aliphatic rings. The van der Waals surface area contributed by atoms with Gasteiger partial charge in [-0.1, -0.05) is 49.4 Å². The summed E-state index contributed by atoms with van der Waals surface area (Å²) in [7, 11) is 0. The summed E-state index contributed by atoms with van der Waals surface area (Å²) < 4.78 is 15.8. The molecule has 0 saturated carbocycles. The number of fused-ring (bicyclic) bond motifs is 1. The van der Waals surface area contributed by atoms with Crippen molar-refractivity contribution < 1.29 is 14.1 Å². The third-order valence-corrected chi connectivity index (χ3v) is 6.36. The van der Waals surface area contributed by atoms with E-state index in [2.05, 4.69) is 5.32 Å². The summed E-state index contributed by atoms with van der Waals surface area (Å²) in [6.45, 7) is 4.52. The molecule has 1 amide bonds. The Kier molecular flexibility index (Phi) is 7.25. The van der Waals surface area contributed by atoms with E-state index in [0.717, 1.165) is 28.6 Å². The lowest BCUT2D eigenvalue weighted by atomic mass is 9.87. The van der Waals surface area contributed by atoms with Gasteiger partial charge in [-0.3, -0.25) is 14.9 Å². The van der Waals surface area contributed by atoms with E-state index in [4.69, 9.17) is 0 Å². The van der Waals surface area contributed by atoms with Crippen LogP contribution in [-0.2, 0) is 11.3 Å². The van der Waals surface area contributed by atoms with Crippen LogP contribution in [0.2, 0.25) is 0 Å². The lowest BCUT2D eigenvalue weighted by Crippen LogP contribution is -2.33. The molecule has 3 aromatic carbocycles. The van der Waals surface area contributed by atoms with Gasteiger partial charge in [-0.25, -0.2) is 4.39 Å². The van der Waals surface area contributed by atoms with E-state index in [1.807, 2.05) is 54.9 Å². The van der Waals surface area contributed by atoms with Crippen molar-refractivity contribution in [2.75, 3.05) is 0 Å². The molecular weight excluding hydrogens is 445 g/mol. The Morgan fingerprint density at radius 3 is 2.46 bits per heavy atom. The van der Waals surface area contributed by atoms with E-state index in [0.29, 0.717) is 11.9 Å². The fourth-order valence-electron chi connectivity index (χ4n) is 4.34. The predicted molar refractivity (Wildman–Crippen MR) is 135 cm³/mol. The Bertz CT molecular complexity index is 1330. The molecule has 0 bridgehead atoms. The maximum absolute atomic E-state index is 13.7. The molecule has 0 aliphatic heterocycles. The average molecular weight is 474 g/mol. The van der Waals surface area contributed by atoms with Crippen LogP contribution < -0.4 is 5.32 Å². The lowest BCUT2D eigenvalue weighted by molar-refractivity contribution is -0.384. The van der Waals surface area contributed by atoms with Crippen LogP contribution in [0.15, 0.2) is 79.0 Å². The van der Waals surface area contributed by atoms with E-state index in [1.165, 1.54) is 18.2 Å². The molecule has 0 unspecified atom stereocenters. The normalized spacial score (nSPS) is 12.9. The number of amides is 1. The van der Waals surface area contributed by atoms with Gasteiger partial charge in [-0.05, 0) is 48.2 Å². The van der Waals surface area contributed by atoms with Crippen molar-refractivity contribution in [2.45, 2.75) is 45.2 Å². The third kappa shape index (κ3) is 5.57. The Morgan fingerprint density at radius 1 is 1.09 bits per heavy atom. The highest BCUT2D eigenvalue weighted by molar-refractivity contribution is 5.88. The number of aromatic nitrogens is 1. The second kappa shape index (κ2) is 10.5. The number of halogens is 1. The van der Waals surface area contributed by atoms with Gasteiger partial charge in [0.15, 0.2) is 0 Å². The number of non-ortho nitro benzene ring substituents is 1. The second-order valence-corrected chi connectivity index (χ2v) is 8.84. The van der Waals surface area contributed by atoms with E-state index >= 15 is 0 Å². The van der Waals surface area contributed by atoms with Gasteiger partial charge in [-0.15, -0.1) is 0 Å². The van der Waals surface area contributed by atoms with Crippen LogP contribution in [0, 0.1) is 15.9 Å². The van der Waals surface area contributed by atoms with Crippen LogP contribution in [0.4, 0.5) is 10.1 Å². The van der Waals surface area contributed by atoms with Crippen LogP contribution in [-0.4, -0.2) is 21.4 Å². The molecule has 1 N–H and O–H groups in total. The summed E-state index contributed by atoms with van der Waals surface area (Å²) >= 11 is 0. The Labute approximate surface area is 203 Å². The average Bonchev–Trinajstić information content (AvgIpc) is 3.21. The summed E-state index contributed by atoms with van der Waals surface area (Å²) in [5.74, 6) is -0.886. The number of carbonyl (C=O) groups excluding carboxylic acids is 1. The fraction of sp³-hybridized carbons (Fsp3) is 0.250. The number of hydrogen-bond donors (Lipinski definition) is 1. The van der Waals surface area contributed by atoms with Crippen molar-refractivity contribution in [1.29, 1.82) is 0 Å². The Morgan fingerprint density at radius 2 is 1.80 bits per heavy atom. The van der Waals surface area contributed by atoms with E-state index in [9.17, 15) is 19.3 Å². The maximum atomic E-state index is 13.7. The molecule has 1 heterocycles. The van der Waals surface area contributed by atoms with Gasteiger partial charge in [0.2, 0.25) is 5.91 Å². The first-order chi connectivity index (χ1) is 16.9. The van der Waals surface area contributed by atoms with Gasteiger partial charge in [0.25, 0.3) is 5.69 Å². The van der Waals surface area contributed by atoms with Gasteiger partial charge in [0, 0.05) is 54.2 Å². The minimum atomic E-state index is -0.416. The highest BCUT2D eigenvalue weighted by atomic mass is 19.1. The van der Waals surface area contributed by atoms with Gasteiger partial charge in [0.05, 0.1) is 4.92 Å². The van der Waals surface area contributed by atoms with Gasteiger partial charge in [0.1, 0.15) is 5.82 Å². The molecule has 2 atom stereocenters. The lowest BCUT2D eigenvalue weighted by Gasteiger charge is -2.19. The zero-order chi connectivity index (χ0) is 24.9. The molecule has 4 rings (SSSR count). The number of benzene rings is 3. The topological polar surface area (TPSA) is 77.2 Å². The monoisotopic (exact) mass is 473 g/mol. The molecule has 0 fully saturated rings. The molecule has 0 spiro atoms. The zero-order valence-corrected chi connectivity index (χ0v) is 19.8. The van der Waals surface area contributed by atoms with Crippen molar-refractivity contribution in [3.63, 3.8) is 0 Å². The Hall–Kier alpha value is -4.00. The largest absolute Gasteiger partial charge is 0.354 e. The summed E-state index contributed by atoms with van der Waals surface area (Å²) in [4.78, 5) is 24.1. The molecule has 6 nitrogen and oxygen atoms in total. The number of nitrogens with one attached hydrogen (secondary N) is 1. The first-order valence-corrected chi connectivity index (χ1v) is 11.7. The second-order valence-electron chi connectivity index (χ2n) is 8.84. The molecular formula is C28H28FN3O3. The molecule has 35 heavy (non-hydrogen) atoms. The minimum Gasteiger partial charge on any atom is -0.354 e. The number of rotatable bonds is 9. The smallest absolute Gasteiger partial charge is 0.270 e. The maximum Gasteiger partial charge on any atom is 0.270 e. The van der Waals surface area contributed by atoms with Crippen LogP contribution in [0.1, 0.15) is 49.3 Å². The van der Waals surface area contributed by atoms with E-state index in [-0.39, 0.29) is 29.9 Å². The third-order valence-electron chi connectivity index (χ3n) is 6.36. The Balaban J connectivity index is 1.85. The molecule has 0 radical (unpaired) electrons. The molecule has 4 aromatic rings. The van der Waals surface area contributed by atoms with Gasteiger partial charge < -0.3 is 9.88 Å². The number of hydrogen-bond acceptors (Lipinski definition) is 3. The molecule has 0 aliphatic carbocycles. The number of nitro groups is 1. The van der Waals surface area contributed by atoms with Crippen molar-refractivity contribution in [2.24, 2.45) is 0 Å². The molecule has 0 saturated heterocycles. The van der Waals surface area contributed by atoms with Crippen LogP contribution in [0.3, 0.4) is 0 Å². The predicted octanol–water partition coefficient (Wildman–Crippen LogP) is 6.17.